The maximum Gasteiger partial charge on any atom is 0.268 e. The number of nitrogens with zero attached hydrogens (tertiary/aromatic N) is 4. The van der Waals surface area contributed by atoms with E-state index in [1.807, 2.05) is 0 Å². The van der Waals surface area contributed by atoms with Crippen molar-refractivity contribution in [2.45, 2.75) is 44.6 Å². The highest BCUT2D eigenvalue weighted by Crippen LogP contribution is 2.23. The van der Waals surface area contributed by atoms with Gasteiger partial charge in [-0.1, -0.05) is 19.3 Å². The summed E-state index contributed by atoms with van der Waals surface area (Å²) < 4.78 is 1.31. The molecule has 1 saturated heterocycles. The van der Waals surface area contributed by atoms with Crippen LogP contribution in [0.2, 0.25) is 0 Å². The first-order valence-electron chi connectivity index (χ1n) is 9.81. The number of anilines is 1. The SMILES string of the molecule is CN(CCNC(=O)C1CCN(c2cnn(C)c(=O)c2)C1)C1CCCCC1. The van der Waals surface area contributed by atoms with Crippen molar-refractivity contribution in [3.63, 3.8) is 0 Å². The van der Waals surface area contributed by atoms with Gasteiger partial charge in [-0.05, 0) is 26.3 Å². The molecule has 0 spiro atoms. The number of rotatable bonds is 6. The van der Waals surface area contributed by atoms with Gasteiger partial charge in [-0.25, -0.2) is 4.68 Å². The largest absolute Gasteiger partial charge is 0.369 e. The van der Waals surface area contributed by atoms with Gasteiger partial charge in [-0.2, -0.15) is 5.10 Å². The van der Waals surface area contributed by atoms with Crippen LogP contribution >= 0.6 is 0 Å². The molecule has 1 atom stereocenters. The van der Waals surface area contributed by atoms with Gasteiger partial charge < -0.3 is 15.1 Å². The third-order valence-electron chi connectivity index (χ3n) is 5.84. The van der Waals surface area contributed by atoms with Crippen molar-refractivity contribution < 1.29 is 4.79 Å². The molecule has 2 heterocycles. The van der Waals surface area contributed by atoms with Crippen LogP contribution in [0.25, 0.3) is 0 Å². The molecule has 2 fully saturated rings. The van der Waals surface area contributed by atoms with Crippen molar-refractivity contribution in [1.29, 1.82) is 0 Å². The van der Waals surface area contributed by atoms with Crippen molar-refractivity contribution in [2.75, 3.05) is 38.1 Å². The van der Waals surface area contributed by atoms with E-state index in [0.29, 0.717) is 19.1 Å². The van der Waals surface area contributed by atoms with Gasteiger partial charge >= 0.3 is 0 Å². The van der Waals surface area contributed by atoms with Gasteiger partial charge in [0.05, 0.1) is 17.8 Å². The third kappa shape index (κ3) is 4.63. The second kappa shape index (κ2) is 8.66. The molecule has 1 N–H and O–H groups in total. The molecule has 1 unspecified atom stereocenters. The third-order valence-corrected chi connectivity index (χ3v) is 5.84. The molecular formula is C19H31N5O2. The molecule has 7 heteroatoms. The lowest BCUT2D eigenvalue weighted by atomic mass is 9.94. The summed E-state index contributed by atoms with van der Waals surface area (Å²) in [5.74, 6) is 0.111. The molecule has 3 rings (SSSR count). The van der Waals surface area contributed by atoms with E-state index in [1.165, 1.54) is 36.8 Å². The molecule has 1 amide bonds. The standard InChI is InChI=1S/C19H31N5O2/c1-22(16-6-4-3-5-7-16)11-9-20-19(26)15-8-10-24(14-15)17-12-18(25)23(2)21-13-17/h12-13,15-16H,3-11,14H2,1-2H3,(H,20,26). The van der Waals surface area contributed by atoms with Crippen LogP contribution in [0, 0.1) is 5.92 Å². The molecule has 1 saturated carbocycles. The zero-order chi connectivity index (χ0) is 18.5. The second-order valence-electron chi connectivity index (χ2n) is 7.67. The molecule has 1 aliphatic heterocycles. The van der Waals surface area contributed by atoms with E-state index in [2.05, 4.69) is 27.3 Å². The van der Waals surface area contributed by atoms with Crippen LogP contribution in [-0.4, -0.2) is 59.9 Å². The maximum atomic E-state index is 12.5. The number of carbonyl (C=O) groups excluding carboxylic acids is 1. The van der Waals surface area contributed by atoms with Gasteiger partial charge in [0.15, 0.2) is 0 Å². The topological polar surface area (TPSA) is 70.5 Å². The minimum absolute atomic E-state index is 0.0148. The summed E-state index contributed by atoms with van der Waals surface area (Å²) >= 11 is 0. The first-order chi connectivity index (χ1) is 12.5. The van der Waals surface area contributed by atoms with Crippen LogP contribution < -0.4 is 15.8 Å². The Bertz CT molecular complexity index is 668. The molecule has 144 valence electrons. The number of hydrogen-bond donors (Lipinski definition) is 1. The molecule has 1 aromatic heterocycles. The summed E-state index contributed by atoms with van der Waals surface area (Å²) in [5.41, 5.74) is 0.682. The van der Waals surface area contributed by atoms with E-state index in [1.54, 1.807) is 19.3 Å². The molecule has 26 heavy (non-hydrogen) atoms. The molecular weight excluding hydrogens is 330 g/mol. The summed E-state index contributed by atoms with van der Waals surface area (Å²) in [6.07, 6.45) is 9.11. The summed E-state index contributed by atoms with van der Waals surface area (Å²) in [6, 6.07) is 2.27. The zero-order valence-electron chi connectivity index (χ0n) is 16.0. The minimum atomic E-state index is -0.124. The number of nitrogens with one attached hydrogen (secondary N) is 1. The van der Waals surface area contributed by atoms with Crippen LogP contribution in [0.5, 0.6) is 0 Å². The highest BCUT2D eigenvalue weighted by molar-refractivity contribution is 5.80. The van der Waals surface area contributed by atoms with E-state index in [-0.39, 0.29) is 17.4 Å². The van der Waals surface area contributed by atoms with Crippen LogP contribution in [0.4, 0.5) is 5.69 Å². The van der Waals surface area contributed by atoms with Crippen LogP contribution in [-0.2, 0) is 11.8 Å². The van der Waals surface area contributed by atoms with Gasteiger partial charge in [0, 0.05) is 45.3 Å². The molecule has 0 aromatic carbocycles. The molecule has 7 nitrogen and oxygen atoms in total. The number of aromatic nitrogens is 2. The van der Waals surface area contributed by atoms with Gasteiger partial charge in [0.1, 0.15) is 0 Å². The number of amides is 1. The Kier molecular flexibility index (Phi) is 6.29. The predicted molar refractivity (Wildman–Crippen MR) is 102 cm³/mol. The zero-order valence-corrected chi connectivity index (χ0v) is 16.0. The Balaban J connectivity index is 1.42. The van der Waals surface area contributed by atoms with E-state index in [9.17, 15) is 9.59 Å². The highest BCUT2D eigenvalue weighted by atomic mass is 16.2. The van der Waals surface area contributed by atoms with E-state index < -0.39 is 0 Å². The van der Waals surface area contributed by atoms with Crippen LogP contribution in [0.15, 0.2) is 17.1 Å². The van der Waals surface area contributed by atoms with Gasteiger partial charge in [0.25, 0.3) is 5.56 Å². The Morgan fingerprint density at radius 1 is 1.31 bits per heavy atom. The van der Waals surface area contributed by atoms with Crippen LogP contribution in [0.1, 0.15) is 38.5 Å². The first kappa shape index (κ1) is 18.9. The van der Waals surface area contributed by atoms with Crippen molar-refractivity contribution >= 4 is 11.6 Å². The molecule has 0 bridgehead atoms. The molecule has 1 aliphatic carbocycles. The van der Waals surface area contributed by atoms with Gasteiger partial charge in [0.2, 0.25) is 5.91 Å². The van der Waals surface area contributed by atoms with E-state index in [4.69, 9.17) is 0 Å². The van der Waals surface area contributed by atoms with Crippen molar-refractivity contribution in [1.82, 2.24) is 20.0 Å². The number of aryl methyl sites for hydroxylation is 1. The Morgan fingerprint density at radius 2 is 2.08 bits per heavy atom. The van der Waals surface area contributed by atoms with E-state index in [0.717, 1.165) is 25.2 Å². The Labute approximate surface area is 155 Å². The smallest absolute Gasteiger partial charge is 0.268 e. The van der Waals surface area contributed by atoms with Gasteiger partial charge in [-0.15, -0.1) is 0 Å². The Hall–Kier alpha value is -1.89. The normalized spacial score (nSPS) is 21.3. The quantitative estimate of drug-likeness (QED) is 0.818. The summed E-state index contributed by atoms with van der Waals surface area (Å²) in [5, 5.41) is 7.16. The van der Waals surface area contributed by atoms with Gasteiger partial charge in [-0.3, -0.25) is 9.59 Å². The fraction of sp³-hybridized carbons (Fsp3) is 0.737. The van der Waals surface area contributed by atoms with Crippen molar-refractivity contribution in [3.05, 3.63) is 22.6 Å². The van der Waals surface area contributed by atoms with Crippen molar-refractivity contribution in [2.24, 2.45) is 13.0 Å². The number of likely N-dealkylation sites (N-methyl/N-ethyl adjacent to an activating group) is 1. The molecule has 2 aliphatic rings. The fourth-order valence-corrected chi connectivity index (χ4v) is 4.05. The summed E-state index contributed by atoms with van der Waals surface area (Å²) in [7, 11) is 3.80. The monoisotopic (exact) mass is 361 g/mol. The predicted octanol–water partition coefficient (Wildman–Crippen LogP) is 0.987. The summed E-state index contributed by atoms with van der Waals surface area (Å²) in [4.78, 5) is 28.7. The molecule has 0 radical (unpaired) electrons. The lowest BCUT2D eigenvalue weighted by Gasteiger charge is -2.31. The maximum absolute atomic E-state index is 12.5. The fourth-order valence-electron chi connectivity index (χ4n) is 4.05. The first-order valence-corrected chi connectivity index (χ1v) is 9.81. The number of hydrogen-bond acceptors (Lipinski definition) is 5. The highest BCUT2D eigenvalue weighted by Gasteiger charge is 2.28. The average molecular weight is 361 g/mol. The lowest BCUT2D eigenvalue weighted by molar-refractivity contribution is -0.124. The number of carbonyl (C=O) groups is 1. The summed E-state index contributed by atoms with van der Waals surface area (Å²) in [6.45, 7) is 3.05. The Morgan fingerprint density at radius 3 is 2.81 bits per heavy atom. The lowest BCUT2D eigenvalue weighted by Crippen LogP contribution is -2.41. The average Bonchev–Trinajstić information content (AvgIpc) is 3.15. The van der Waals surface area contributed by atoms with Crippen molar-refractivity contribution in [3.8, 4) is 0 Å². The van der Waals surface area contributed by atoms with Crippen LogP contribution in [0.3, 0.4) is 0 Å². The minimum Gasteiger partial charge on any atom is -0.369 e. The molecule has 1 aromatic rings. The van der Waals surface area contributed by atoms with E-state index >= 15 is 0 Å². The second-order valence-corrected chi connectivity index (χ2v) is 7.67.